The third-order valence-electron chi connectivity index (χ3n) is 5.70. The molecule has 0 fully saturated rings. The van der Waals surface area contributed by atoms with Gasteiger partial charge in [-0.3, -0.25) is 4.79 Å². The number of carbonyl (C=O) groups is 3. The number of hydrogen-bond acceptors (Lipinski definition) is 5. The number of carboxylic acids is 1. The summed E-state index contributed by atoms with van der Waals surface area (Å²) >= 11 is 1.17. The molecule has 1 atom stereocenters. The Morgan fingerprint density at radius 3 is 2.35 bits per heavy atom. The molecule has 1 aliphatic rings. The molecule has 0 radical (unpaired) electrons. The highest BCUT2D eigenvalue weighted by Crippen LogP contribution is 2.28. The van der Waals surface area contributed by atoms with Crippen molar-refractivity contribution in [3.63, 3.8) is 0 Å². The zero-order valence-electron chi connectivity index (χ0n) is 18.9. The van der Waals surface area contributed by atoms with Crippen molar-refractivity contribution in [3.8, 4) is 10.4 Å². The van der Waals surface area contributed by atoms with Crippen LogP contribution in [0.25, 0.3) is 10.4 Å². The summed E-state index contributed by atoms with van der Waals surface area (Å²) in [6, 6.07) is 11.9. The molecule has 2 aromatic carbocycles. The van der Waals surface area contributed by atoms with E-state index in [9.17, 15) is 19.5 Å². The number of aromatic nitrogens is 1. The highest BCUT2D eigenvalue weighted by atomic mass is 32.1. The summed E-state index contributed by atoms with van der Waals surface area (Å²) in [5.41, 5.74) is 4.88. The molecule has 0 spiro atoms. The molecule has 0 aliphatic heterocycles. The van der Waals surface area contributed by atoms with Crippen molar-refractivity contribution < 1.29 is 19.5 Å². The minimum atomic E-state index is -1.08. The van der Waals surface area contributed by atoms with Gasteiger partial charge in [-0.05, 0) is 66.1 Å². The van der Waals surface area contributed by atoms with Crippen molar-refractivity contribution in [1.29, 1.82) is 0 Å². The Balaban J connectivity index is 1.36. The number of anilines is 2. The molecule has 1 heterocycles. The van der Waals surface area contributed by atoms with Crippen LogP contribution >= 0.6 is 11.3 Å². The maximum absolute atomic E-state index is 12.4. The first-order chi connectivity index (χ1) is 16.3. The van der Waals surface area contributed by atoms with Crippen molar-refractivity contribution in [3.05, 3.63) is 64.8 Å². The summed E-state index contributed by atoms with van der Waals surface area (Å²) in [4.78, 5) is 41.0. The Labute approximate surface area is 201 Å². The zero-order chi connectivity index (χ0) is 24.2. The van der Waals surface area contributed by atoms with Gasteiger partial charge in [-0.25, -0.2) is 14.6 Å². The second kappa shape index (κ2) is 10.0. The number of rotatable bonds is 7. The van der Waals surface area contributed by atoms with Gasteiger partial charge < -0.3 is 21.1 Å². The van der Waals surface area contributed by atoms with Crippen LogP contribution in [0.5, 0.6) is 0 Å². The standard InChI is InChI=1S/C25H26N4O4S/c1-14(2)21(24(31)32)29-22(30)23-26-13-20(34-23)16-7-9-18(10-8-16)27-25(33)28-19-11-6-15-4-3-5-17(15)12-19/h6-14,21H,3-5H2,1-2H3,(H,29,30)(H,31,32)(H2,27,28,33). The molecule has 3 aromatic rings. The van der Waals surface area contributed by atoms with Gasteiger partial charge in [-0.1, -0.05) is 32.0 Å². The van der Waals surface area contributed by atoms with E-state index in [1.54, 1.807) is 32.2 Å². The number of urea groups is 1. The molecular formula is C25H26N4O4S. The first-order valence-corrected chi connectivity index (χ1v) is 11.9. The molecule has 9 heteroatoms. The Bertz CT molecular complexity index is 1220. The number of aryl methyl sites for hydroxylation is 2. The van der Waals surface area contributed by atoms with Gasteiger partial charge in [0.2, 0.25) is 0 Å². The van der Waals surface area contributed by atoms with Gasteiger partial charge in [-0.15, -0.1) is 11.3 Å². The van der Waals surface area contributed by atoms with E-state index in [4.69, 9.17) is 0 Å². The first-order valence-electron chi connectivity index (χ1n) is 11.1. The van der Waals surface area contributed by atoms with Crippen molar-refractivity contribution >= 4 is 40.6 Å². The predicted molar refractivity (Wildman–Crippen MR) is 132 cm³/mol. The van der Waals surface area contributed by atoms with Crippen LogP contribution in [0.2, 0.25) is 0 Å². The van der Waals surface area contributed by atoms with Crippen LogP contribution in [0.4, 0.5) is 16.2 Å². The fraction of sp³-hybridized carbons (Fsp3) is 0.280. The Hall–Kier alpha value is -3.72. The quantitative estimate of drug-likeness (QED) is 0.389. The lowest BCUT2D eigenvalue weighted by Crippen LogP contribution is -2.44. The van der Waals surface area contributed by atoms with Gasteiger partial charge in [0.15, 0.2) is 5.01 Å². The monoisotopic (exact) mass is 478 g/mol. The first kappa shape index (κ1) is 23.4. The minimum Gasteiger partial charge on any atom is -0.480 e. The average Bonchev–Trinajstić information content (AvgIpc) is 3.47. The summed E-state index contributed by atoms with van der Waals surface area (Å²) in [5.74, 6) is -1.84. The van der Waals surface area contributed by atoms with E-state index in [2.05, 4.69) is 27.0 Å². The van der Waals surface area contributed by atoms with Crippen molar-refractivity contribution in [2.24, 2.45) is 5.92 Å². The lowest BCUT2D eigenvalue weighted by molar-refractivity contribution is -0.140. The number of carbonyl (C=O) groups excluding carboxylic acids is 2. The molecule has 3 amide bonds. The van der Waals surface area contributed by atoms with Crippen LogP contribution in [0.3, 0.4) is 0 Å². The molecule has 0 saturated carbocycles. The zero-order valence-corrected chi connectivity index (χ0v) is 19.7. The molecule has 0 bridgehead atoms. The molecule has 34 heavy (non-hydrogen) atoms. The predicted octanol–water partition coefficient (Wildman–Crippen LogP) is 4.78. The molecule has 1 aromatic heterocycles. The van der Waals surface area contributed by atoms with E-state index in [-0.39, 0.29) is 17.0 Å². The van der Waals surface area contributed by atoms with Gasteiger partial charge in [0, 0.05) is 17.6 Å². The van der Waals surface area contributed by atoms with Gasteiger partial charge in [0.1, 0.15) is 6.04 Å². The number of aliphatic carboxylic acids is 1. The van der Waals surface area contributed by atoms with Crippen LogP contribution in [0.15, 0.2) is 48.7 Å². The van der Waals surface area contributed by atoms with Gasteiger partial charge in [0.05, 0.1) is 4.88 Å². The molecule has 0 saturated heterocycles. The molecule has 1 unspecified atom stereocenters. The average molecular weight is 479 g/mol. The topological polar surface area (TPSA) is 120 Å². The van der Waals surface area contributed by atoms with E-state index in [0.29, 0.717) is 5.69 Å². The van der Waals surface area contributed by atoms with E-state index >= 15 is 0 Å². The molecule has 4 N–H and O–H groups in total. The number of nitrogens with zero attached hydrogens (tertiary/aromatic N) is 1. The van der Waals surface area contributed by atoms with Gasteiger partial charge in [-0.2, -0.15) is 0 Å². The van der Waals surface area contributed by atoms with E-state index in [1.165, 1.54) is 22.5 Å². The van der Waals surface area contributed by atoms with Crippen LogP contribution in [-0.2, 0) is 17.6 Å². The fourth-order valence-electron chi connectivity index (χ4n) is 3.89. The molecule has 4 rings (SSSR count). The summed E-state index contributed by atoms with van der Waals surface area (Å²) in [6.45, 7) is 3.46. The number of nitrogens with one attached hydrogen (secondary N) is 3. The van der Waals surface area contributed by atoms with Gasteiger partial charge in [0.25, 0.3) is 5.91 Å². The third kappa shape index (κ3) is 5.43. The van der Waals surface area contributed by atoms with Gasteiger partial charge >= 0.3 is 12.0 Å². The lowest BCUT2D eigenvalue weighted by atomic mass is 10.1. The molecular weight excluding hydrogens is 452 g/mol. The smallest absolute Gasteiger partial charge is 0.326 e. The normalized spacial score (nSPS) is 13.3. The van der Waals surface area contributed by atoms with Crippen LogP contribution < -0.4 is 16.0 Å². The second-order valence-electron chi connectivity index (χ2n) is 8.56. The number of amides is 3. The highest BCUT2D eigenvalue weighted by molar-refractivity contribution is 7.17. The number of fused-ring (bicyclic) bond motifs is 1. The van der Waals surface area contributed by atoms with Crippen LogP contribution in [0, 0.1) is 5.92 Å². The number of carboxylic acid groups (broad SMARTS) is 1. The minimum absolute atomic E-state index is 0.192. The number of hydrogen-bond donors (Lipinski definition) is 4. The fourth-order valence-corrected chi connectivity index (χ4v) is 4.71. The molecule has 8 nitrogen and oxygen atoms in total. The summed E-state index contributed by atoms with van der Waals surface area (Å²) in [6.07, 6.45) is 4.88. The highest BCUT2D eigenvalue weighted by Gasteiger charge is 2.25. The summed E-state index contributed by atoms with van der Waals surface area (Å²) < 4.78 is 0. The maximum Gasteiger partial charge on any atom is 0.326 e. The maximum atomic E-state index is 12.4. The Morgan fingerprint density at radius 2 is 1.65 bits per heavy atom. The Kier molecular flexibility index (Phi) is 6.93. The number of benzene rings is 2. The van der Waals surface area contributed by atoms with E-state index < -0.39 is 17.9 Å². The van der Waals surface area contributed by atoms with E-state index in [0.717, 1.165) is 35.4 Å². The number of thiazole rings is 1. The van der Waals surface area contributed by atoms with Crippen molar-refractivity contribution in [1.82, 2.24) is 10.3 Å². The van der Waals surface area contributed by atoms with Crippen LogP contribution in [0.1, 0.15) is 41.2 Å². The molecule has 176 valence electrons. The van der Waals surface area contributed by atoms with E-state index in [1.807, 2.05) is 24.3 Å². The lowest BCUT2D eigenvalue weighted by Gasteiger charge is -2.16. The SMILES string of the molecule is CC(C)C(NC(=O)c1ncc(-c2ccc(NC(=O)Nc3ccc4c(c3)CCC4)cc2)s1)C(=O)O. The van der Waals surface area contributed by atoms with Crippen molar-refractivity contribution in [2.75, 3.05) is 10.6 Å². The van der Waals surface area contributed by atoms with Crippen molar-refractivity contribution in [2.45, 2.75) is 39.2 Å². The third-order valence-corrected chi connectivity index (χ3v) is 6.75. The summed E-state index contributed by atoms with van der Waals surface area (Å²) in [5, 5.41) is 17.7. The Morgan fingerprint density at radius 1 is 0.971 bits per heavy atom. The second-order valence-corrected chi connectivity index (χ2v) is 9.59. The van der Waals surface area contributed by atoms with Crippen LogP contribution in [-0.4, -0.2) is 34.0 Å². The summed E-state index contributed by atoms with van der Waals surface area (Å²) in [7, 11) is 0. The largest absolute Gasteiger partial charge is 0.480 e. The molecule has 1 aliphatic carbocycles.